The van der Waals surface area contributed by atoms with Crippen molar-refractivity contribution in [2.45, 2.75) is 52.4 Å². The summed E-state index contributed by atoms with van der Waals surface area (Å²) in [6.45, 7) is 4.67. The zero-order valence-electron chi connectivity index (χ0n) is 8.94. The van der Waals surface area contributed by atoms with E-state index in [1.165, 1.54) is 44.3 Å². The predicted molar refractivity (Wildman–Crippen MR) is 60.9 cm³/mol. The van der Waals surface area contributed by atoms with E-state index in [4.69, 9.17) is 0 Å². The summed E-state index contributed by atoms with van der Waals surface area (Å²) in [5.41, 5.74) is 0. The first-order chi connectivity index (χ1) is 5.81. The lowest BCUT2D eigenvalue weighted by atomic mass is 9.99. The number of hydrogen-bond donors (Lipinski definition) is 0. The molecule has 12 heavy (non-hydrogen) atoms. The lowest BCUT2D eigenvalue weighted by molar-refractivity contribution is 0.461. The molecule has 0 spiro atoms. The molecule has 1 unspecified atom stereocenters. The molecule has 0 aromatic carbocycles. The molecule has 0 heterocycles. The van der Waals surface area contributed by atoms with Crippen LogP contribution in [0.3, 0.4) is 0 Å². The van der Waals surface area contributed by atoms with Gasteiger partial charge in [0.15, 0.2) is 0 Å². The topological polar surface area (TPSA) is 0 Å². The molecule has 0 aliphatic rings. The molecule has 0 N–H and O–H groups in total. The first kappa shape index (κ1) is 12.3. The van der Waals surface area contributed by atoms with Gasteiger partial charge < -0.3 is 0 Å². The summed E-state index contributed by atoms with van der Waals surface area (Å²) in [4.78, 5) is 0. The average molecular weight is 188 g/mol. The van der Waals surface area contributed by atoms with Gasteiger partial charge >= 0.3 is 0 Å². The molecule has 1 heteroatoms. The van der Waals surface area contributed by atoms with E-state index in [-0.39, 0.29) is 0 Å². The molecule has 0 fully saturated rings. The first-order valence-corrected chi connectivity index (χ1v) is 6.69. The van der Waals surface area contributed by atoms with Crippen LogP contribution in [-0.2, 0) is 0 Å². The highest BCUT2D eigenvalue weighted by Gasteiger charge is 2.00. The van der Waals surface area contributed by atoms with Crippen LogP contribution in [0.2, 0.25) is 0 Å². The predicted octanol–water partition coefficient (Wildman–Crippen LogP) is 4.35. The SMILES string of the molecule is CCCCCC(C)CCCSC. The number of unbranched alkanes of at least 4 members (excludes halogenated alkanes) is 2. The van der Waals surface area contributed by atoms with Crippen LogP contribution in [0.15, 0.2) is 0 Å². The van der Waals surface area contributed by atoms with Gasteiger partial charge in [0.1, 0.15) is 0 Å². The van der Waals surface area contributed by atoms with Gasteiger partial charge in [-0.2, -0.15) is 11.8 Å². The molecule has 0 amide bonds. The van der Waals surface area contributed by atoms with E-state index < -0.39 is 0 Å². The van der Waals surface area contributed by atoms with Crippen LogP contribution in [-0.4, -0.2) is 12.0 Å². The zero-order valence-corrected chi connectivity index (χ0v) is 9.75. The van der Waals surface area contributed by atoms with Crippen LogP contribution in [0.5, 0.6) is 0 Å². The number of hydrogen-bond acceptors (Lipinski definition) is 1. The summed E-state index contributed by atoms with van der Waals surface area (Å²) in [6, 6.07) is 0. The highest BCUT2D eigenvalue weighted by molar-refractivity contribution is 7.98. The van der Waals surface area contributed by atoms with Crippen LogP contribution in [0.25, 0.3) is 0 Å². The molecule has 0 saturated carbocycles. The maximum atomic E-state index is 2.40. The van der Waals surface area contributed by atoms with Gasteiger partial charge in [-0.1, -0.05) is 39.5 Å². The Morgan fingerprint density at radius 3 is 2.33 bits per heavy atom. The van der Waals surface area contributed by atoms with E-state index in [0.29, 0.717) is 0 Å². The fourth-order valence-electron chi connectivity index (χ4n) is 1.46. The quantitative estimate of drug-likeness (QED) is 0.510. The summed E-state index contributed by atoms with van der Waals surface area (Å²) < 4.78 is 0. The second-order valence-corrected chi connectivity index (χ2v) is 4.72. The summed E-state index contributed by atoms with van der Waals surface area (Å²) in [7, 11) is 0. The minimum Gasteiger partial charge on any atom is -0.165 e. The van der Waals surface area contributed by atoms with Crippen molar-refractivity contribution in [2.24, 2.45) is 5.92 Å². The Kier molecular flexibility index (Phi) is 9.71. The van der Waals surface area contributed by atoms with Gasteiger partial charge in [-0.3, -0.25) is 0 Å². The lowest BCUT2D eigenvalue weighted by Gasteiger charge is -2.09. The van der Waals surface area contributed by atoms with Crippen molar-refractivity contribution in [3.8, 4) is 0 Å². The molecule has 0 rings (SSSR count). The Morgan fingerprint density at radius 2 is 1.75 bits per heavy atom. The summed E-state index contributed by atoms with van der Waals surface area (Å²) >= 11 is 1.97. The van der Waals surface area contributed by atoms with Gasteiger partial charge in [0.25, 0.3) is 0 Å². The van der Waals surface area contributed by atoms with Crippen molar-refractivity contribution in [2.75, 3.05) is 12.0 Å². The molecule has 1 atom stereocenters. The monoisotopic (exact) mass is 188 g/mol. The summed E-state index contributed by atoms with van der Waals surface area (Å²) in [5.74, 6) is 2.31. The fourth-order valence-corrected chi connectivity index (χ4v) is 1.92. The molecule has 0 aliphatic carbocycles. The molecular formula is C11H24S. The third-order valence-electron chi connectivity index (χ3n) is 2.35. The van der Waals surface area contributed by atoms with Crippen LogP contribution in [0.1, 0.15) is 52.4 Å². The van der Waals surface area contributed by atoms with Gasteiger partial charge in [0, 0.05) is 0 Å². The molecule has 0 saturated heterocycles. The number of thioether (sulfide) groups is 1. The largest absolute Gasteiger partial charge is 0.165 e. The van der Waals surface area contributed by atoms with Crippen LogP contribution < -0.4 is 0 Å². The molecule has 74 valence electrons. The average Bonchev–Trinajstić information content (AvgIpc) is 2.06. The van der Waals surface area contributed by atoms with E-state index in [0.717, 1.165) is 5.92 Å². The second-order valence-electron chi connectivity index (χ2n) is 3.74. The standard InChI is InChI=1S/C11H24S/c1-4-5-6-8-11(2)9-7-10-12-3/h11H,4-10H2,1-3H3. The summed E-state index contributed by atoms with van der Waals surface area (Å²) in [6.07, 6.45) is 10.7. The molecule has 0 bridgehead atoms. The van der Waals surface area contributed by atoms with E-state index in [2.05, 4.69) is 20.1 Å². The first-order valence-electron chi connectivity index (χ1n) is 5.30. The molecule has 0 aromatic heterocycles. The summed E-state index contributed by atoms with van der Waals surface area (Å²) in [5, 5.41) is 0. The van der Waals surface area contributed by atoms with Crippen molar-refractivity contribution >= 4 is 11.8 Å². The van der Waals surface area contributed by atoms with E-state index in [1.54, 1.807) is 0 Å². The maximum Gasteiger partial charge on any atom is -0.00702 e. The minimum atomic E-state index is 0.962. The lowest BCUT2D eigenvalue weighted by Crippen LogP contribution is -1.95. The third-order valence-corrected chi connectivity index (χ3v) is 3.04. The van der Waals surface area contributed by atoms with E-state index in [1.807, 2.05) is 11.8 Å². The van der Waals surface area contributed by atoms with Crippen molar-refractivity contribution < 1.29 is 0 Å². The van der Waals surface area contributed by atoms with Crippen molar-refractivity contribution in [3.63, 3.8) is 0 Å². The van der Waals surface area contributed by atoms with Crippen LogP contribution in [0.4, 0.5) is 0 Å². The Hall–Kier alpha value is 0.350. The number of rotatable bonds is 8. The Balaban J connectivity index is 3.04. The van der Waals surface area contributed by atoms with Crippen molar-refractivity contribution in [1.29, 1.82) is 0 Å². The van der Waals surface area contributed by atoms with Gasteiger partial charge in [-0.15, -0.1) is 0 Å². The molecule has 0 aromatic rings. The highest BCUT2D eigenvalue weighted by Crippen LogP contribution is 2.15. The molecular weight excluding hydrogens is 164 g/mol. The van der Waals surface area contributed by atoms with Crippen molar-refractivity contribution in [3.05, 3.63) is 0 Å². The van der Waals surface area contributed by atoms with Gasteiger partial charge in [-0.25, -0.2) is 0 Å². The van der Waals surface area contributed by atoms with Gasteiger partial charge in [0.2, 0.25) is 0 Å². The normalized spacial score (nSPS) is 13.2. The smallest absolute Gasteiger partial charge is 0.00702 e. The Bertz CT molecular complexity index is 71.1. The Labute approximate surface area is 82.5 Å². The minimum absolute atomic E-state index is 0.962. The second kappa shape index (κ2) is 9.44. The fraction of sp³-hybridized carbons (Fsp3) is 1.00. The zero-order chi connectivity index (χ0) is 9.23. The van der Waals surface area contributed by atoms with Gasteiger partial charge in [0.05, 0.1) is 0 Å². The molecule has 0 aliphatic heterocycles. The van der Waals surface area contributed by atoms with E-state index >= 15 is 0 Å². The maximum absolute atomic E-state index is 2.40. The van der Waals surface area contributed by atoms with Crippen LogP contribution in [0, 0.1) is 5.92 Å². The van der Waals surface area contributed by atoms with Gasteiger partial charge in [-0.05, 0) is 30.8 Å². The Morgan fingerprint density at radius 1 is 1.08 bits per heavy atom. The van der Waals surface area contributed by atoms with Crippen LogP contribution >= 0.6 is 11.8 Å². The third kappa shape index (κ3) is 8.45. The highest BCUT2D eigenvalue weighted by atomic mass is 32.2. The molecule has 0 radical (unpaired) electrons. The van der Waals surface area contributed by atoms with E-state index in [9.17, 15) is 0 Å². The van der Waals surface area contributed by atoms with Crippen molar-refractivity contribution in [1.82, 2.24) is 0 Å². The molecule has 0 nitrogen and oxygen atoms in total.